The van der Waals surface area contributed by atoms with Crippen molar-refractivity contribution in [3.63, 3.8) is 0 Å². The first kappa shape index (κ1) is 17.9. The molecule has 0 aromatic heterocycles. The summed E-state index contributed by atoms with van der Waals surface area (Å²) in [6, 6.07) is 0.153. The van der Waals surface area contributed by atoms with E-state index in [1.54, 1.807) is 18.4 Å². The number of hydrogen-bond donors (Lipinski definition) is 1. The third kappa shape index (κ3) is 4.69. The molecule has 120 valence electrons. The molecule has 0 unspecified atom stereocenters. The zero-order valence-electron chi connectivity index (χ0n) is 13.6. The fourth-order valence-corrected chi connectivity index (χ4v) is 4.14. The molecule has 0 spiro atoms. The van der Waals surface area contributed by atoms with Crippen molar-refractivity contribution < 1.29 is 8.42 Å². The second kappa shape index (κ2) is 7.20. The lowest BCUT2D eigenvalue weighted by Crippen LogP contribution is -2.47. The average Bonchev–Trinajstić information content (AvgIpc) is 2.38. The molecule has 0 atom stereocenters. The van der Waals surface area contributed by atoms with Gasteiger partial charge in [-0.2, -0.15) is 17.0 Å². The van der Waals surface area contributed by atoms with Gasteiger partial charge < -0.3 is 5.32 Å². The summed E-state index contributed by atoms with van der Waals surface area (Å²) in [4.78, 5) is 0. The van der Waals surface area contributed by atoms with E-state index in [0.717, 1.165) is 38.6 Å². The number of nitrogens with zero attached hydrogens (tertiary/aromatic N) is 2. The number of rotatable bonds is 7. The Morgan fingerprint density at radius 3 is 2.25 bits per heavy atom. The van der Waals surface area contributed by atoms with Crippen molar-refractivity contribution >= 4 is 10.2 Å². The number of nitrogens with one attached hydrogen (secondary N) is 1. The van der Waals surface area contributed by atoms with Crippen LogP contribution < -0.4 is 5.32 Å². The molecule has 0 aliphatic heterocycles. The summed E-state index contributed by atoms with van der Waals surface area (Å²) in [7, 11) is 1.97. The molecule has 0 aromatic rings. The van der Waals surface area contributed by atoms with Crippen LogP contribution in [0.15, 0.2) is 0 Å². The van der Waals surface area contributed by atoms with E-state index < -0.39 is 10.2 Å². The molecule has 20 heavy (non-hydrogen) atoms. The van der Waals surface area contributed by atoms with Gasteiger partial charge in [-0.25, -0.2) is 0 Å². The van der Waals surface area contributed by atoms with E-state index in [9.17, 15) is 8.42 Å². The lowest BCUT2D eigenvalue weighted by Gasteiger charge is -2.39. The van der Waals surface area contributed by atoms with Crippen LogP contribution in [0.4, 0.5) is 0 Å². The van der Waals surface area contributed by atoms with Gasteiger partial charge in [-0.3, -0.25) is 0 Å². The molecule has 0 amide bonds. The molecule has 0 bridgehead atoms. The molecule has 0 saturated heterocycles. The topological polar surface area (TPSA) is 52.7 Å². The monoisotopic (exact) mass is 305 g/mol. The SMILES string of the molecule is CNCCCN(C)S(=O)(=O)N(C)C1CCC(C)(C)CC1. The Labute approximate surface area is 124 Å². The second-order valence-electron chi connectivity index (χ2n) is 6.70. The molecular formula is C14H31N3O2S. The Hall–Kier alpha value is -0.170. The minimum Gasteiger partial charge on any atom is -0.320 e. The highest BCUT2D eigenvalue weighted by Crippen LogP contribution is 2.37. The standard InChI is InChI=1S/C14H31N3O2S/c1-14(2)9-7-13(8-10-14)17(5)20(18,19)16(4)12-6-11-15-3/h13,15H,6-12H2,1-5H3. The molecule has 1 rings (SSSR count). The molecule has 1 aliphatic rings. The summed E-state index contributed by atoms with van der Waals surface area (Å²) in [5, 5.41) is 3.04. The molecule has 1 aliphatic carbocycles. The zero-order valence-corrected chi connectivity index (χ0v) is 14.5. The van der Waals surface area contributed by atoms with E-state index >= 15 is 0 Å². The summed E-state index contributed by atoms with van der Waals surface area (Å²) >= 11 is 0. The summed E-state index contributed by atoms with van der Waals surface area (Å²) in [6.07, 6.45) is 4.96. The Balaban J connectivity index is 2.58. The predicted octanol–water partition coefficient (Wildman–Crippen LogP) is 1.67. The maximum atomic E-state index is 12.5. The first-order chi connectivity index (χ1) is 9.20. The van der Waals surface area contributed by atoms with Crippen molar-refractivity contribution in [3.8, 4) is 0 Å². The summed E-state index contributed by atoms with van der Waals surface area (Å²) in [6.45, 7) is 5.93. The number of hydrogen-bond acceptors (Lipinski definition) is 3. The van der Waals surface area contributed by atoms with E-state index in [1.165, 1.54) is 4.31 Å². The molecular weight excluding hydrogens is 274 g/mol. The van der Waals surface area contributed by atoms with Crippen molar-refractivity contribution in [2.75, 3.05) is 34.2 Å². The average molecular weight is 305 g/mol. The van der Waals surface area contributed by atoms with Gasteiger partial charge in [0.15, 0.2) is 0 Å². The van der Waals surface area contributed by atoms with Gasteiger partial charge in [-0.1, -0.05) is 13.8 Å². The highest BCUT2D eigenvalue weighted by molar-refractivity contribution is 7.86. The molecule has 0 aromatic carbocycles. The van der Waals surface area contributed by atoms with Gasteiger partial charge in [0.2, 0.25) is 0 Å². The Bertz CT molecular complexity index is 385. The first-order valence-corrected chi connectivity index (χ1v) is 8.94. The van der Waals surface area contributed by atoms with E-state index in [-0.39, 0.29) is 6.04 Å². The highest BCUT2D eigenvalue weighted by Gasteiger charge is 2.34. The van der Waals surface area contributed by atoms with Crippen molar-refractivity contribution in [1.82, 2.24) is 13.9 Å². The maximum Gasteiger partial charge on any atom is 0.281 e. The van der Waals surface area contributed by atoms with Crippen LogP contribution in [0.1, 0.15) is 46.0 Å². The minimum atomic E-state index is -3.32. The van der Waals surface area contributed by atoms with Crippen LogP contribution in [-0.4, -0.2) is 57.3 Å². The van der Waals surface area contributed by atoms with Crippen LogP contribution in [0.3, 0.4) is 0 Å². The second-order valence-corrected chi connectivity index (χ2v) is 8.79. The van der Waals surface area contributed by atoms with Crippen LogP contribution in [0, 0.1) is 5.41 Å². The Kier molecular flexibility index (Phi) is 6.44. The van der Waals surface area contributed by atoms with Gasteiger partial charge in [0.25, 0.3) is 10.2 Å². The van der Waals surface area contributed by atoms with Crippen LogP contribution in [-0.2, 0) is 10.2 Å². The van der Waals surface area contributed by atoms with Crippen LogP contribution in [0.5, 0.6) is 0 Å². The lowest BCUT2D eigenvalue weighted by atomic mass is 9.76. The highest BCUT2D eigenvalue weighted by atomic mass is 32.2. The molecule has 1 N–H and O–H groups in total. The molecule has 0 heterocycles. The van der Waals surface area contributed by atoms with Gasteiger partial charge in [-0.15, -0.1) is 0 Å². The molecule has 5 nitrogen and oxygen atoms in total. The van der Waals surface area contributed by atoms with E-state index in [1.807, 2.05) is 7.05 Å². The third-order valence-electron chi connectivity index (χ3n) is 4.48. The molecule has 0 radical (unpaired) electrons. The van der Waals surface area contributed by atoms with Gasteiger partial charge in [0.05, 0.1) is 0 Å². The zero-order chi connectivity index (χ0) is 15.4. The lowest BCUT2D eigenvalue weighted by molar-refractivity contribution is 0.170. The van der Waals surface area contributed by atoms with Gasteiger partial charge in [0, 0.05) is 26.7 Å². The fraction of sp³-hybridized carbons (Fsp3) is 1.00. The normalized spacial score (nSPS) is 20.8. The minimum absolute atomic E-state index is 0.153. The van der Waals surface area contributed by atoms with Crippen LogP contribution in [0.25, 0.3) is 0 Å². The quantitative estimate of drug-likeness (QED) is 0.728. The van der Waals surface area contributed by atoms with E-state index in [4.69, 9.17) is 0 Å². The molecule has 1 saturated carbocycles. The van der Waals surface area contributed by atoms with Crippen molar-refractivity contribution in [3.05, 3.63) is 0 Å². The molecule has 6 heteroatoms. The Morgan fingerprint density at radius 2 is 1.75 bits per heavy atom. The smallest absolute Gasteiger partial charge is 0.281 e. The van der Waals surface area contributed by atoms with E-state index in [2.05, 4.69) is 19.2 Å². The molecule has 1 fully saturated rings. The van der Waals surface area contributed by atoms with Crippen molar-refractivity contribution in [2.24, 2.45) is 5.41 Å². The van der Waals surface area contributed by atoms with Crippen molar-refractivity contribution in [2.45, 2.75) is 52.0 Å². The predicted molar refractivity (Wildman–Crippen MR) is 83.9 cm³/mol. The van der Waals surface area contributed by atoms with Gasteiger partial charge >= 0.3 is 0 Å². The van der Waals surface area contributed by atoms with Crippen LogP contribution >= 0.6 is 0 Å². The maximum absolute atomic E-state index is 12.5. The first-order valence-electron chi connectivity index (χ1n) is 7.54. The van der Waals surface area contributed by atoms with Gasteiger partial charge in [0.1, 0.15) is 0 Å². The van der Waals surface area contributed by atoms with E-state index in [0.29, 0.717) is 12.0 Å². The Morgan fingerprint density at radius 1 is 1.20 bits per heavy atom. The summed E-state index contributed by atoms with van der Waals surface area (Å²) < 4.78 is 28.1. The fourth-order valence-electron chi connectivity index (χ4n) is 2.75. The largest absolute Gasteiger partial charge is 0.320 e. The summed E-state index contributed by atoms with van der Waals surface area (Å²) in [5.74, 6) is 0. The van der Waals surface area contributed by atoms with Crippen molar-refractivity contribution in [1.29, 1.82) is 0 Å². The van der Waals surface area contributed by atoms with Crippen LogP contribution in [0.2, 0.25) is 0 Å². The third-order valence-corrected chi connectivity index (χ3v) is 6.48. The summed E-state index contributed by atoms with van der Waals surface area (Å²) in [5.41, 5.74) is 0.361. The van der Waals surface area contributed by atoms with Gasteiger partial charge in [-0.05, 0) is 51.1 Å².